The highest BCUT2D eigenvalue weighted by atomic mass is 16.5. The van der Waals surface area contributed by atoms with Crippen molar-refractivity contribution >= 4 is 23.5 Å². The summed E-state index contributed by atoms with van der Waals surface area (Å²) < 4.78 is 0. The first-order valence-electron chi connectivity index (χ1n) is 6.74. The van der Waals surface area contributed by atoms with Crippen LogP contribution in [0.15, 0.2) is 0 Å². The Morgan fingerprint density at radius 3 is 2.05 bits per heavy atom. The molecular formula is C13H23N3O5. The summed E-state index contributed by atoms with van der Waals surface area (Å²) in [5.41, 5.74) is 6.39. The van der Waals surface area contributed by atoms with Gasteiger partial charge in [-0.25, -0.2) is 5.48 Å². The third-order valence-electron chi connectivity index (χ3n) is 2.91. The Morgan fingerprint density at radius 1 is 1.05 bits per heavy atom. The lowest BCUT2D eigenvalue weighted by atomic mass is 9.95. The van der Waals surface area contributed by atoms with Gasteiger partial charge in [-0.3, -0.25) is 24.4 Å². The first kappa shape index (κ1) is 19.0. The maximum Gasteiger partial charge on any atom is 0.255 e. The van der Waals surface area contributed by atoms with Crippen LogP contribution < -0.4 is 16.5 Å². The quantitative estimate of drug-likeness (QED) is 0.258. The van der Waals surface area contributed by atoms with Crippen molar-refractivity contribution in [3.8, 4) is 0 Å². The molecule has 5 N–H and O–H groups in total. The molecule has 0 aliphatic carbocycles. The van der Waals surface area contributed by atoms with Gasteiger partial charge in [0.15, 0.2) is 5.78 Å². The summed E-state index contributed by atoms with van der Waals surface area (Å²) in [5.74, 6) is -3.44. The number of Topliss-reactive ketones (excluding diaryl/α,β-unsaturated/α-hetero) is 1. The van der Waals surface area contributed by atoms with Crippen LogP contribution in [-0.4, -0.2) is 34.8 Å². The molecule has 0 heterocycles. The number of hydrogen-bond acceptors (Lipinski definition) is 5. The van der Waals surface area contributed by atoms with Crippen LogP contribution in [0.25, 0.3) is 0 Å². The highest BCUT2D eigenvalue weighted by Gasteiger charge is 2.29. The number of primary amides is 1. The number of carbonyl (C=O) groups is 4. The third kappa shape index (κ3) is 7.40. The Morgan fingerprint density at radius 2 is 1.62 bits per heavy atom. The Bertz CT molecular complexity index is 409. The van der Waals surface area contributed by atoms with Gasteiger partial charge >= 0.3 is 0 Å². The van der Waals surface area contributed by atoms with Crippen LogP contribution in [0.3, 0.4) is 0 Å². The molecule has 120 valence electrons. The maximum atomic E-state index is 12.0. The van der Waals surface area contributed by atoms with Gasteiger partial charge < -0.3 is 11.1 Å². The van der Waals surface area contributed by atoms with E-state index in [-0.39, 0.29) is 31.0 Å². The molecule has 0 aliphatic heterocycles. The predicted octanol–water partition coefficient (Wildman–Crippen LogP) is -0.507. The van der Waals surface area contributed by atoms with E-state index in [1.165, 1.54) is 12.4 Å². The number of carbonyl (C=O) groups excluding carboxylic acids is 4. The minimum Gasteiger partial charge on any atom is -0.370 e. The molecule has 0 saturated carbocycles. The average molecular weight is 301 g/mol. The van der Waals surface area contributed by atoms with Crippen LogP contribution in [-0.2, 0) is 19.2 Å². The summed E-state index contributed by atoms with van der Waals surface area (Å²) in [7, 11) is 0. The van der Waals surface area contributed by atoms with Crippen molar-refractivity contribution in [2.75, 3.05) is 0 Å². The van der Waals surface area contributed by atoms with E-state index < -0.39 is 29.7 Å². The van der Waals surface area contributed by atoms with Crippen molar-refractivity contribution in [2.45, 2.75) is 46.1 Å². The summed E-state index contributed by atoms with van der Waals surface area (Å²) in [5, 5.41) is 11.1. The molecule has 2 atom stereocenters. The smallest absolute Gasteiger partial charge is 0.255 e. The Balaban J connectivity index is 4.62. The van der Waals surface area contributed by atoms with E-state index in [0.717, 1.165) is 0 Å². The van der Waals surface area contributed by atoms with Crippen LogP contribution in [0.5, 0.6) is 0 Å². The van der Waals surface area contributed by atoms with Gasteiger partial charge in [-0.05, 0) is 19.3 Å². The van der Waals surface area contributed by atoms with Crippen LogP contribution in [0.1, 0.15) is 40.0 Å². The topological polar surface area (TPSA) is 139 Å². The summed E-state index contributed by atoms with van der Waals surface area (Å²) in [6.45, 7) is 5.11. The lowest BCUT2D eigenvalue weighted by molar-refractivity contribution is -0.142. The minimum atomic E-state index is -1.08. The van der Waals surface area contributed by atoms with Crippen molar-refractivity contribution < 1.29 is 24.4 Å². The first-order valence-corrected chi connectivity index (χ1v) is 6.74. The van der Waals surface area contributed by atoms with Gasteiger partial charge in [0.05, 0.1) is 6.04 Å². The van der Waals surface area contributed by atoms with E-state index in [4.69, 9.17) is 10.9 Å². The van der Waals surface area contributed by atoms with Crippen LogP contribution in [0.4, 0.5) is 0 Å². The van der Waals surface area contributed by atoms with Crippen LogP contribution >= 0.6 is 0 Å². The zero-order valence-electron chi connectivity index (χ0n) is 12.5. The number of nitrogens with two attached hydrogens (primary N) is 1. The molecule has 3 amide bonds. The van der Waals surface area contributed by atoms with Gasteiger partial charge in [-0.15, -0.1) is 0 Å². The lowest BCUT2D eigenvalue weighted by Gasteiger charge is -2.19. The number of hydrogen-bond donors (Lipinski definition) is 4. The molecule has 21 heavy (non-hydrogen) atoms. The van der Waals surface area contributed by atoms with Crippen LogP contribution in [0, 0.1) is 11.8 Å². The number of amides is 3. The molecule has 0 aromatic heterocycles. The highest BCUT2D eigenvalue weighted by molar-refractivity contribution is 6.01. The zero-order valence-corrected chi connectivity index (χ0v) is 12.5. The monoisotopic (exact) mass is 301 g/mol. The zero-order chi connectivity index (χ0) is 16.6. The van der Waals surface area contributed by atoms with Crippen molar-refractivity contribution in [2.24, 2.45) is 17.6 Å². The minimum absolute atomic E-state index is 0.0546. The Kier molecular flexibility index (Phi) is 8.22. The van der Waals surface area contributed by atoms with Gasteiger partial charge in [0, 0.05) is 12.8 Å². The summed E-state index contributed by atoms with van der Waals surface area (Å²) in [4.78, 5) is 45.8. The van der Waals surface area contributed by atoms with E-state index in [9.17, 15) is 19.2 Å². The molecule has 0 aromatic rings. The second-order valence-electron chi connectivity index (χ2n) is 5.32. The van der Waals surface area contributed by atoms with E-state index in [1.54, 1.807) is 0 Å². The molecule has 0 fully saturated rings. The van der Waals surface area contributed by atoms with E-state index >= 15 is 0 Å². The van der Waals surface area contributed by atoms with Crippen LogP contribution in [0.2, 0.25) is 0 Å². The first-order chi connectivity index (χ1) is 9.68. The number of rotatable bonds is 9. The van der Waals surface area contributed by atoms with Gasteiger partial charge in [0.25, 0.3) is 5.91 Å². The molecule has 0 bridgehead atoms. The molecule has 0 aliphatic rings. The molecule has 0 rings (SSSR count). The van der Waals surface area contributed by atoms with Gasteiger partial charge in [-0.1, -0.05) is 13.8 Å². The summed E-state index contributed by atoms with van der Waals surface area (Å²) in [6.07, 6.45) is 0.0733. The average Bonchev–Trinajstić information content (AvgIpc) is 2.40. The third-order valence-corrected chi connectivity index (χ3v) is 2.91. The van der Waals surface area contributed by atoms with Gasteiger partial charge in [0.2, 0.25) is 11.8 Å². The standard InChI is InChI=1S/C13H23N3O5/c1-7(2)6-9(13(20)16-21)12(19)15-8(3)10(17)4-5-11(14)18/h7-9,21H,4-6H2,1-3H3,(H2,14,18)(H,15,19)(H,16,20)/t8-,9-/m0/s1. The van der Waals surface area contributed by atoms with Gasteiger partial charge in [-0.2, -0.15) is 0 Å². The van der Waals surface area contributed by atoms with Crippen molar-refractivity contribution in [3.63, 3.8) is 0 Å². The molecule has 0 saturated heterocycles. The predicted molar refractivity (Wildman–Crippen MR) is 73.9 cm³/mol. The van der Waals surface area contributed by atoms with Crippen molar-refractivity contribution in [1.82, 2.24) is 10.8 Å². The van der Waals surface area contributed by atoms with Gasteiger partial charge in [0.1, 0.15) is 5.92 Å². The molecule has 0 spiro atoms. The lowest BCUT2D eigenvalue weighted by Crippen LogP contribution is -2.46. The fourth-order valence-electron chi connectivity index (χ4n) is 1.74. The number of nitrogens with one attached hydrogen (secondary N) is 2. The molecule has 8 heteroatoms. The Hall–Kier alpha value is -1.96. The molecule has 0 aromatic carbocycles. The Labute approximate surface area is 123 Å². The second-order valence-corrected chi connectivity index (χ2v) is 5.32. The normalized spacial score (nSPS) is 13.4. The second kappa shape index (κ2) is 9.06. The largest absolute Gasteiger partial charge is 0.370 e. The van der Waals surface area contributed by atoms with E-state index in [1.807, 2.05) is 13.8 Å². The van der Waals surface area contributed by atoms with Crippen molar-refractivity contribution in [3.05, 3.63) is 0 Å². The summed E-state index contributed by atoms with van der Waals surface area (Å²) in [6, 6.07) is -0.835. The number of hydroxylamine groups is 1. The maximum absolute atomic E-state index is 12.0. The molecule has 8 nitrogen and oxygen atoms in total. The van der Waals surface area contributed by atoms with Crippen molar-refractivity contribution in [1.29, 1.82) is 0 Å². The molecule has 0 unspecified atom stereocenters. The van der Waals surface area contributed by atoms with E-state index in [0.29, 0.717) is 0 Å². The molecule has 0 radical (unpaired) electrons. The summed E-state index contributed by atoms with van der Waals surface area (Å²) >= 11 is 0. The van der Waals surface area contributed by atoms with E-state index in [2.05, 4.69) is 5.32 Å². The fourth-order valence-corrected chi connectivity index (χ4v) is 1.74. The fraction of sp³-hybridized carbons (Fsp3) is 0.692. The SMILES string of the molecule is CC(C)C[C@H](C(=O)NO)C(=O)N[C@@H](C)C(=O)CCC(N)=O. The number of ketones is 1. The molecular weight excluding hydrogens is 278 g/mol. The highest BCUT2D eigenvalue weighted by Crippen LogP contribution is 2.12.